The van der Waals surface area contributed by atoms with E-state index in [1.165, 1.54) is 24.4 Å². The molecule has 4 N–H and O–H groups in total. The van der Waals surface area contributed by atoms with Gasteiger partial charge in [0.25, 0.3) is 5.91 Å². The second kappa shape index (κ2) is 4.47. The van der Waals surface area contributed by atoms with Gasteiger partial charge in [-0.05, 0) is 24.3 Å². The maximum absolute atomic E-state index is 12.8. The zero-order chi connectivity index (χ0) is 12.4. The number of benzene rings is 1. The van der Waals surface area contributed by atoms with Crippen LogP contribution in [0.1, 0.15) is 10.5 Å². The Morgan fingerprint density at radius 2 is 2.18 bits per heavy atom. The largest absolute Gasteiger partial charge is 0.397 e. The normalized spacial score (nSPS) is 10.2. The summed E-state index contributed by atoms with van der Waals surface area (Å²) in [5.41, 5.74) is 6.58. The standard InChI is InChI=1S/C11H9ClFN3O/c12-8-3-6(13)1-2-9(8)16-11(17)10-4-7(14)5-15-10/h1-5,15H,14H2,(H,16,17). The minimum absolute atomic E-state index is 0.137. The number of hydrogen-bond donors (Lipinski definition) is 3. The number of nitrogen functional groups attached to an aromatic ring is 1. The van der Waals surface area contributed by atoms with E-state index < -0.39 is 11.7 Å². The molecule has 1 amide bonds. The highest BCUT2D eigenvalue weighted by molar-refractivity contribution is 6.33. The number of rotatable bonds is 2. The lowest BCUT2D eigenvalue weighted by Crippen LogP contribution is -2.12. The molecule has 88 valence electrons. The van der Waals surface area contributed by atoms with Crippen molar-refractivity contribution in [1.29, 1.82) is 0 Å². The van der Waals surface area contributed by atoms with Crippen molar-refractivity contribution in [3.05, 3.63) is 47.0 Å². The van der Waals surface area contributed by atoms with Gasteiger partial charge in [0.15, 0.2) is 0 Å². The number of carbonyl (C=O) groups is 1. The predicted molar refractivity (Wildman–Crippen MR) is 64.6 cm³/mol. The maximum atomic E-state index is 12.8. The van der Waals surface area contributed by atoms with E-state index in [1.807, 2.05) is 0 Å². The SMILES string of the molecule is Nc1c[nH]c(C(=O)Nc2ccc(F)cc2Cl)c1. The Kier molecular flexibility index (Phi) is 3.01. The minimum atomic E-state index is -0.461. The molecule has 4 nitrogen and oxygen atoms in total. The number of anilines is 2. The fourth-order valence-corrected chi connectivity index (χ4v) is 1.54. The van der Waals surface area contributed by atoms with Gasteiger partial charge in [-0.3, -0.25) is 4.79 Å². The molecule has 0 unspecified atom stereocenters. The number of H-pyrrole nitrogens is 1. The van der Waals surface area contributed by atoms with E-state index in [0.29, 0.717) is 17.1 Å². The van der Waals surface area contributed by atoms with Gasteiger partial charge in [0.05, 0.1) is 10.7 Å². The number of hydrogen-bond acceptors (Lipinski definition) is 2. The highest BCUT2D eigenvalue weighted by atomic mass is 35.5. The topological polar surface area (TPSA) is 70.9 Å². The zero-order valence-corrected chi connectivity index (χ0v) is 9.38. The first-order valence-corrected chi connectivity index (χ1v) is 5.14. The molecule has 6 heteroatoms. The molecule has 0 saturated heterocycles. The van der Waals surface area contributed by atoms with Gasteiger partial charge in [-0.15, -0.1) is 0 Å². The lowest BCUT2D eigenvalue weighted by Gasteiger charge is -2.05. The molecule has 1 heterocycles. The fraction of sp³-hybridized carbons (Fsp3) is 0. The van der Waals surface area contributed by atoms with Crippen LogP contribution in [0.3, 0.4) is 0 Å². The van der Waals surface area contributed by atoms with Crippen LogP contribution >= 0.6 is 11.6 Å². The maximum Gasteiger partial charge on any atom is 0.272 e. The molecule has 0 spiro atoms. The molecule has 0 aliphatic carbocycles. The van der Waals surface area contributed by atoms with Crippen LogP contribution in [0.5, 0.6) is 0 Å². The Bertz CT molecular complexity index is 568. The number of nitrogens with one attached hydrogen (secondary N) is 2. The van der Waals surface area contributed by atoms with Crippen LogP contribution in [0.4, 0.5) is 15.8 Å². The van der Waals surface area contributed by atoms with Gasteiger partial charge >= 0.3 is 0 Å². The summed E-state index contributed by atoms with van der Waals surface area (Å²) in [6.07, 6.45) is 1.50. The molecule has 0 saturated carbocycles. The highest BCUT2D eigenvalue weighted by Gasteiger charge is 2.10. The van der Waals surface area contributed by atoms with Crippen LogP contribution < -0.4 is 11.1 Å². The number of halogens is 2. The van der Waals surface area contributed by atoms with Crippen molar-refractivity contribution in [1.82, 2.24) is 4.98 Å². The Labute approximate surface area is 102 Å². The van der Waals surface area contributed by atoms with Crippen molar-refractivity contribution in [3.63, 3.8) is 0 Å². The van der Waals surface area contributed by atoms with Crippen molar-refractivity contribution >= 4 is 28.9 Å². The van der Waals surface area contributed by atoms with Crippen molar-refractivity contribution in [2.24, 2.45) is 0 Å². The summed E-state index contributed by atoms with van der Waals surface area (Å²) in [5, 5.41) is 2.68. The Morgan fingerprint density at radius 3 is 2.76 bits per heavy atom. The first kappa shape index (κ1) is 11.5. The van der Waals surface area contributed by atoms with E-state index in [1.54, 1.807) is 0 Å². The Hall–Kier alpha value is -2.01. The van der Waals surface area contributed by atoms with E-state index in [-0.39, 0.29) is 5.02 Å². The van der Waals surface area contributed by atoms with Gasteiger partial charge in [0.1, 0.15) is 11.5 Å². The van der Waals surface area contributed by atoms with Gasteiger partial charge in [-0.25, -0.2) is 4.39 Å². The summed E-state index contributed by atoms with van der Waals surface area (Å²) < 4.78 is 12.8. The molecular weight excluding hydrogens is 245 g/mol. The third-order valence-corrected chi connectivity index (χ3v) is 2.44. The van der Waals surface area contributed by atoms with Crippen molar-refractivity contribution < 1.29 is 9.18 Å². The third kappa shape index (κ3) is 2.57. The van der Waals surface area contributed by atoms with Gasteiger partial charge < -0.3 is 16.0 Å². The average molecular weight is 254 g/mol. The summed E-state index contributed by atoms with van der Waals surface area (Å²) >= 11 is 5.78. The number of amides is 1. The molecule has 0 radical (unpaired) electrons. The van der Waals surface area contributed by atoms with Crippen LogP contribution in [0.25, 0.3) is 0 Å². The number of carbonyl (C=O) groups excluding carboxylic acids is 1. The van der Waals surface area contributed by atoms with E-state index in [4.69, 9.17) is 17.3 Å². The first-order valence-electron chi connectivity index (χ1n) is 4.76. The number of nitrogens with two attached hydrogens (primary N) is 1. The van der Waals surface area contributed by atoms with Crippen LogP contribution in [0, 0.1) is 5.82 Å². The molecule has 1 aromatic carbocycles. The van der Waals surface area contributed by atoms with Crippen LogP contribution in [0.15, 0.2) is 30.5 Å². The quantitative estimate of drug-likeness (QED) is 0.770. The zero-order valence-electron chi connectivity index (χ0n) is 8.63. The molecule has 17 heavy (non-hydrogen) atoms. The highest BCUT2D eigenvalue weighted by Crippen LogP contribution is 2.23. The first-order chi connectivity index (χ1) is 8.06. The molecule has 0 bridgehead atoms. The lowest BCUT2D eigenvalue weighted by molar-refractivity contribution is 0.102. The van der Waals surface area contributed by atoms with Crippen molar-refractivity contribution in [3.8, 4) is 0 Å². The molecule has 0 fully saturated rings. The molecule has 0 atom stereocenters. The monoisotopic (exact) mass is 253 g/mol. The minimum Gasteiger partial charge on any atom is -0.397 e. The number of aromatic amines is 1. The molecular formula is C11H9ClFN3O. The van der Waals surface area contributed by atoms with Gasteiger partial charge in [0, 0.05) is 11.9 Å². The third-order valence-electron chi connectivity index (χ3n) is 2.13. The Morgan fingerprint density at radius 1 is 1.41 bits per heavy atom. The molecule has 2 rings (SSSR count). The summed E-state index contributed by atoms with van der Waals surface area (Å²) in [4.78, 5) is 14.4. The van der Waals surface area contributed by atoms with E-state index in [0.717, 1.165) is 6.07 Å². The van der Waals surface area contributed by atoms with Gasteiger partial charge in [0.2, 0.25) is 0 Å². The summed E-state index contributed by atoms with van der Waals surface area (Å²) in [6.45, 7) is 0. The van der Waals surface area contributed by atoms with E-state index >= 15 is 0 Å². The smallest absolute Gasteiger partial charge is 0.272 e. The van der Waals surface area contributed by atoms with Gasteiger partial charge in [-0.2, -0.15) is 0 Å². The summed E-state index contributed by atoms with van der Waals surface area (Å²) in [6, 6.07) is 5.22. The predicted octanol–water partition coefficient (Wildman–Crippen LogP) is 2.64. The van der Waals surface area contributed by atoms with Crippen LogP contribution in [-0.4, -0.2) is 10.9 Å². The van der Waals surface area contributed by atoms with Crippen molar-refractivity contribution in [2.45, 2.75) is 0 Å². The summed E-state index contributed by atoms with van der Waals surface area (Å²) in [5.74, 6) is -0.854. The Balaban J connectivity index is 2.18. The van der Waals surface area contributed by atoms with Crippen LogP contribution in [0.2, 0.25) is 5.02 Å². The summed E-state index contributed by atoms with van der Waals surface area (Å²) in [7, 11) is 0. The number of aromatic nitrogens is 1. The molecule has 2 aromatic rings. The van der Waals surface area contributed by atoms with E-state index in [9.17, 15) is 9.18 Å². The van der Waals surface area contributed by atoms with Gasteiger partial charge in [-0.1, -0.05) is 11.6 Å². The average Bonchev–Trinajstić information content (AvgIpc) is 2.69. The van der Waals surface area contributed by atoms with E-state index in [2.05, 4.69) is 10.3 Å². The lowest BCUT2D eigenvalue weighted by atomic mass is 10.3. The molecule has 0 aliphatic rings. The van der Waals surface area contributed by atoms with Crippen molar-refractivity contribution in [2.75, 3.05) is 11.1 Å². The molecule has 1 aromatic heterocycles. The second-order valence-electron chi connectivity index (χ2n) is 3.42. The second-order valence-corrected chi connectivity index (χ2v) is 3.83. The fourth-order valence-electron chi connectivity index (χ4n) is 1.32. The molecule has 0 aliphatic heterocycles. The van der Waals surface area contributed by atoms with Crippen LogP contribution in [-0.2, 0) is 0 Å².